The number of nitrogens with zero attached hydrogens (tertiary/aromatic N) is 5. The minimum atomic E-state index is -3.52. The maximum Gasteiger partial charge on any atom is 0.275 e. The van der Waals surface area contributed by atoms with Crippen molar-refractivity contribution in [3.05, 3.63) is 72.8 Å². The highest BCUT2D eigenvalue weighted by Gasteiger charge is 2.27. The van der Waals surface area contributed by atoms with Gasteiger partial charge in [-0.15, -0.1) is 10.2 Å². The molecule has 0 unspecified atom stereocenters. The van der Waals surface area contributed by atoms with E-state index in [4.69, 9.17) is 0 Å². The zero-order chi connectivity index (χ0) is 23.7. The largest absolute Gasteiger partial charge is 0.309 e. The molecule has 172 valence electrons. The quantitative estimate of drug-likeness (QED) is 0.420. The maximum atomic E-state index is 12.9. The summed E-state index contributed by atoms with van der Waals surface area (Å²) in [5, 5.41) is 11.0. The van der Waals surface area contributed by atoms with E-state index in [2.05, 4.69) is 30.2 Å². The van der Waals surface area contributed by atoms with Gasteiger partial charge in [0.25, 0.3) is 5.91 Å². The molecule has 4 aromatic rings. The van der Waals surface area contributed by atoms with Crippen LogP contribution in [0.2, 0.25) is 0 Å². The lowest BCUT2D eigenvalue weighted by molar-refractivity contribution is 0.102. The number of benzene rings is 1. The maximum absolute atomic E-state index is 12.9. The third-order valence-corrected chi connectivity index (χ3v) is 6.92. The van der Waals surface area contributed by atoms with Crippen molar-refractivity contribution in [2.24, 2.45) is 0 Å². The van der Waals surface area contributed by atoms with Crippen LogP contribution in [-0.2, 0) is 10.0 Å². The van der Waals surface area contributed by atoms with Crippen LogP contribution in [0.1, 0.15) is 29.4 Å². The van der Waals surface area contributed by atoms with Crippen LogP contribution in [0.25, 0.3) is 22.6 Å². The molecule has 1 aliphatic rings. The van der Waals surface area contributed by atoms with E-state index in [1.165, 1.54) is 25.4 Å². The Balaban J connectivity index is 1.35. The molecule has 0 bridgehead atoms. The fraction of sp³-hybridized carbons (Fsp3) is 0.174. The summed E-state index contributed by atoms with van der Waals surface area (Å²) in [5.74, 6) is 0.633. The molecular formula is C23H21N7O3S. The summed E-state index contributed by atoms with van der Waals surface area (Å²) >= 11 is 0. The highest BCUT2D eigenvalue weighted by Crippen LogP contribution is 2.37. The molecule has 34 heavy (non-hydrogen) atoms. The Bertz CT molecular complexity index is 1460. The van der Waals surface area contributed by atoms with Crippen LogP contribution in [-0.4, -0.2) is 46.1 Å². The number of hydrogen-bond donors (Lipinski definition) is 2. The Morgan fingerprint density at radius 3 is 2.59 bits per heavy atom. The van der Waals surface area contributed by atoms with Gasteiger partial charge < -0.3 is 9.88 Å². The summed E-state index contributed by atoms with van der Waals surface area (Å²) in [5.41, 5.74) is 2.32. The van der Waals surface area contributed by atoms with E-state index in [1.54, 1.807) is 42.7 Å². The van der Waals surface area contributed by atoms with E-state index in [-0.39, 0.29) is 10.6 Å². The SMILES string of the molecule is CNS(=O)(=O)c1ccc(-c2ccnc(C(=O)Nc3cccc(-c4nncn4C4CC4)n3)c2)cc1. The molecule has 3 aromatic heterocycles. The minimum Gasteiger partial charge on any atom is -0.309 e. The molecule has 1 amide bonds. The Kier molecular flexibility index (Phi) is 5.64. The number of nitrogens with one attached hydrogen (secondary N) is 2. The molecule has 0 aliphatic heterocycles. The van der Waals surface area contributed by atoms with E-state index in [0.717, 1.165) is 24.0 Å². The second-order valence-corrected chi connectivity index (χ2v) is 9.70. The van der Waals surface area contributed by atoms with Gasteiger partial charge in [0, 0.05) is 12.2 Å². The van der Waals surface area contributed by atoms with Crippen LogP contribution < -0.4 is 10.0 Å². The molecule has 1 aromatic carbocycles. The van der Waals surface area contributed by atoms with E-state index in [0.29, 0.717) is 23.4 Å². The fourth-order valence-electron chi connectivity index (χ4n) is 3.53. The van der Waals surface area contributed by atoms with E-state index in [9.17, 15) is 13.2 Å². The van der Waals surface area contributed by atoms with Gasteiger partial charge in [0.2, 0.25) is 10.0 Å². The predicted octanol–water partition coefficient (Wildman–Crippen LogP) is 2.90. The normalized spacial score (nSPS) is 13.6. The molecule has 3 heterocycles. The van der Waals surface area contributed by atoms with E-state index < -0.39 is 15.9 Å². The third-order valence-electron chi connectivity index (χ3n) is 5.49. The van der Waals surface area contributed by atoms with Crippen molar-refractivity contribution in [1.82, 2.24) is 29.5 Å². The van der Waals surface area contributed by atoms with Crippen LogP contribution in [0.4, 0.5) is 5.82 Å². The van der Waals surface area contributed by atoms with Crippen LogP contribution in [0.3, 0.4) is 0 Å². The number of aromatic nitrogens is 5. The summed E-state index contributed by atoms with van der Waals surface area (Å²) in [6.07, 6.45) is 5.43. The first kappa shape index (κ1) is 21.9. The van der Waals surface area contributed by atoms with Crippen molar-refractivity contribution in [3.8, 4) is 22.6 Å². The number of pyridine rings is 2. The van der Waals surface area contributed by atoms with Gasteiger partial charge in [-0.3, -0.25) is 9.78 Å². The first-order valence-corrected chi connectivity index (χ1v) is 12.1. The van der Waals surface area contributed by atoms with Gasteiger partial charge >= 0.3 is 0 Å². The highest BCUT2D eigenvalue weighted by atomic mass is 32.2. The first-order chi connectivity index (χ1) is 16.4. The molecule has 10 nitrogen and oxygen atoms in total. The Labute approximate surface area is 196 Å². The average molecular weight is 476 g/mol. The van der Waals surface area contributed by atoms with Crippen molar-refractivity contribution in [1.29, 1.82) is 0 Å². The van der Waals surface area contributed by atoms with Crippen LogP contribution >= 0.6 is 0 Å². The molecule has 2 N–H and O–H groups in total. The second-order valence-electron chi connectivity index (χ2n) is 7.82. The zero-order valence-corrected chi connectivity index (χ0v) is 19.0. The highest BCUT2D eigenvalue weighted by molar-refractivity contribution is 7.89. The molecule has 1 aliphatic carbocycles. The summed E-state index contributed by atoms with van der Waals surface area (Å²) in [6.45, 7) is 0. The minimum absolute atomic E-state index is 0.161. The van der Waals surface area contributed by atoms with Gasteiger partial charge in [0.05, 0.1) is 4.90 Å². The predicted molar refractivity (Wildman–Crippen MR) is 125 cm³/mol. The molecule has 5 rings (SSSR count). The van der Waals surface area contributed by atoms with Crippen molar-refractivity contribution in [3.63, 3.8) is 0 Å². The molecule has 0 saturated heterocycles. The number of carbonyl (C=O) groups excluding carboxylic acids is 1. The van der Waals surface area contributed by atoms with Crippen LogP contribution in [0.5, 0.6) is 0 Å². The number of amides is 1. The lowest BCUT2D eigenvalue weighted by atomic mass is 10.1. The third kappa shape index (κ3) is 4.43. The van der Waals surface area contributed by atoms with E-state index >= 15 is 0 Å². The smallest absolute Gasteiger partial charge is 0.275 e. The monoisotopic (exact) mass is 475 g/mol. The topological polar surface area (TPSA) is 132 Å². The number of hydrogen-bond acceptors (Lipinski definition) is 7. The number of rotatable bonds is 7. The summed E-state index contributed by atoms with van der Waals surface area (Å²) in [6, 6.07) is 15.5. The van der Waals surface area contributed by atoms with Gasteiger partial charge in [0.15, 0.2) is 5.82 Å². The lowest BCUT2D eigenvalue weighted by Crippen LogP contribution is -2.18. The Morgan fingerprint density at radius 1 is 1.06 bits per heavy atom. The lowest BCUT2D eigenvalue weighted by Gasteiger charge is -2.09. The second kappa shape index (κ2) is 8.76. The Hall–Kier alpha value is -3.96. The van der Waals surface area contributed by atoms with Gasteiger partial charge in [-0.05, 0) is 67.4 Å². The number of carbonyl (C=O) groups is 1. The average Bonchev–Trinajstić information content (AvgIpc) is 3.60. The molecule has 0 spiro atoms. The zero-order valence-electron chi connectivity index (χ0n) is 18.2. The van der Waals surface area contributed by atoms with E-state index in [1.807, 2.05) is 10.6 Å². The summed E-state index contributed by atoms with van der Waals surface area (Å²) in [7, 11) is -2.16. The fourth-order valence-corrected chi connectivity index (χ4v) is 4.26. The molecule has 11 heteroatoms. The van der Waals surface area contributed by atoms with Crippen molar-refractivity contribution in [2.45, 2.75) is 23.8 Å². The number of sulfonamides is 1. The Morgan fingerprint density at radius 2 is 1.85 bits per heavy atom. The van der Waals surface area contributed by atoms with Gasteiger partial charge in [-0.25, -0.2) is 18.1 Å². The van der Waals surface area contributed by atoms with Crippen molar-refractivity contribution < 1.29 is 13.2 Å². The van der Waals surface area contributed by atoms with Gasteiger partial charge in [-0.1, -0.05) is 18.2 Å². The summed E-state index contributed by atoms with van der Waals surface area (Å²) in [4.78, 5) is 21.7. The molecule has 0 atom stereocenters. The molecule has 1 fully saturated rings. The first-order valence-electron chi connectivity index (χ1n) is 10.6. The molecule has 0 radical (unpaired) electrons. The molecular weight excluding hydrogens is 454 g/mol. The van der Waals surface area contributed by atoms with Gasteiger partial charge in [0.1, 0.15) is 23.5 Å². The summed E-state index contributed by atoms with van der Waals surface area (Å²) < 4.78 is 28.2. The molecule has 1 saturated carbocycles. The van der Waals surface area contributed by atoms with Crippen LogP contribution in [0.15, 0.2) is 72.0 Å². The van der Waals surface area contributed by atoms with Crippen molar-refractivity contribution >= 4 is 21.7 Å². The van der Waals surface area contributed by atoms with Gasteiger partial charge in [-0.2, -0.15) is 0 Å². The van der Waals surface area contributed by atoms with Crippen molar-refractivity contribution in [2.75, 3.05) is 12.4 Å². The van der Waals surface area contributed by atoms with Crippen LogP contribution in [0, 0.1) is 0 Å². The number of anilines is 1. The standard InChI is InChI=1S/C23H21N7O3S/c1-24-34(32,33)18-9-5-15(6-10-18)16-11-12-25-20(13-16)23(31)28-21-4-2-3-19(27-21)22-29-26-14-30(22)17-7-8-17/h2-6,9-14,17,24H,7-8H2,1H3,(H,27,28,31).